The molecule has 7 nitrogen and oxygen atoms in total. The first-order valence-corrected chi connectivity index (χ1v) is 10.6. The predicted molar refractivity (Wildman–Crippen MR) is 113 cm³/mol. The Morgan fingerprint density at radius 1 is 1.20 bits per heavy atom. The number of carbonyl (C=O) groups is 2. The molecule has 30 heavy (non-hydrogen) atoms. The third-order valence-electron chi connectivity index (χ3n) is 5.68. The molecular weight excluding hydrogens is 449 g/mol. The molecule has 0 saturated heterocycles. The van der Waals surface area contributed by atoms with E-state index in [1.165, 1.54) is 0 Å². The van der Waals surface area contributed by atoms with E-state index in [4.69, 9.17) is 39.9 Å². The Hall–Kier alpha value is -2.35. The molecular formula is C20H16Cl3N5O2. The van der Waals surface area contributed by atoms with Gasteiger partial charge in [-0.25, -0.2) is 0 Å². The molecule has 0 spiro atoms. The van der Waals surface area contributed by atoms with Gasteiger partial charge < -0.3 is 4.90 Å². The quantitative estimate of drug-likeness (QED) is 0.586. The van der Waals surface area contributed by atoms with Crippen LogP contribution in [0.1, 0.15) is 27.2 Å². The third kappa shape index (κ3) is 3.21. The van der Waals surface area contributed by atoms with Crippen molar-refractivity contribution in [3.63, 3.8) is 0 Å². The van der Waals surface area contributed by atoms with Gasteiger partial charge in [0, 0.05) is 35.9 Å². The number of nitrogens with zero attached hydrogens (tertiary/aromatic N) is 4. The highest BCUT2D eigenvalue weighted by molar-refractivity contribution is 6.64. The number of carbonyl (C=O) groups excluding carboxylic acids is 2. The second kappa shape index (κ2) is 7.41. The van der Waals surface area contributed by atoms with Crippen molar-refractivity contribution in [2.45, 2.75) is 25.9 Å². The molecule has 10 heteroatoms. The first-order chi connectivity index (χ1) is 14.4. The fourth-order valence-electron chi connectivity index (χ4n) is 4.18. The lowest BCUT2D eigenvalue weighted by atomic mass is 9.99. The van der Waals surface area contributed by atoms with E-state index in [1.54, 1.807) is 29.3 Å². The van der Waals surface area contributed by atoms with Crippen LogP contribution in [-0.2, 0) is 30.7 Å². The van der Waals surface area contributed by atoms with E-state index in [0.717, 1.165) is 28.2 Å². The fourth-order valence-corrected chi connectivity index (χ4v) is 4.62. The third-order valence-corrected chi connectivity index (χ3v) is 6.73. The lowest BCUT2D eigenvalue weighted by molar-refractivity contribution is -0.115. The average molecular weight is 465 g/mol. The summed E-state index contributed by atoms with van der Waals surface area (Å²) in [7, 11) is 0. The molecule has 1 aromatic carbocycles. The SMILES string of the molecule is O=C(Cl)C1Cc2c[nH]nc2-c2c3c(nn2C1)CCN(C(=O)c1ccc(Cl)c(Cl)c1)C3. The van der Waals surface area contributed by atoms with Crippen LogP contribution in [0.25, 0.3) is 11.4 Å². The number of nitrogens with one attached hydrogen (secondary N) is 1. The van der Waals surface area contributed by atoms with Crippen LogP contribution < -0.4 is 0 Å². The fraction of sp³-hybridized carbons (Fsp3) is 0.300. The smallest absolute Gasteiger partial charge is 0.254 e. The van der Waals surface area contributed by atoms with Crippen LogP contribution in [-0.4, -0.2) is 42.6 Å². The molecule has 2 aliphatic rings. The van der Waals surface area contributed by atoms with E-state index in [2.05, 4.69) is 10.2 Å². The minimum absolute atomic E-state index is 0.121. The van der Waals surface area contributed by atoms with E-state index in [0.29, 0.717) is 48.1 Å². The number of H-pyrrole nitrogens is 1. The molecule has 4 heterocycles. The van der Waals surface area contributed by atoms with Gasteiger partial charge in [-0.2, -0.15) is 10.2 Å². The average Bonchev–Trinajstić information content (AvgIpc) is 3.28. The van der Waals surface area contributed by atoms with Gasteiger partial charge in [0.15, 0.2) is 0 Å². The monoisotopic (exact) mass is 463 g/mol. The number of halogens is 3. The molecule has 1 atom stereocenters. The number of amides is 1. The Morgan fingerprint density at radius 2 is 2.03 bits per heavy atom. The second-order valence-electron chi connectivity index (χ2n) is 7.53. The van der Waals surface area contributed by atoms with Crippen molar-refractivity contribution >= 4 is 46.0 Å². The van der Waals surface area contributed by atoms with Crippen molar-refractivity contribution in [2.75, 3.05) is 6.54 Å². The predicted octanol–water partition coefficient (Wildman–Crippen LogP) is 3.72. The molecule has 0 aliphatic carbocycles. The van der Waals surface area contributed by atoms with Crippen LogP contribution in [0.5, 0.6) is 0 Å². The highest BCUT2D eigenvalue weighted by Gasteiger charge is 2.34. The lowest BCUT2D eigenvalue weighted by Gasteiger charge is -2.27. The van der Waals surface area contributed by atoms with Crippen molar-refractivity contribution in [3.8, 4) is 11.4 Å². The number of fused-ring (bicyclic) bond motifs is 5. The molecule has 0 bridgehead atoms. The number of hydrogen-bond acceptors (Lipinski definition) is 4. The van der Waals surface area contributed by atoms with Gasteiger partial charge in [-0.3, -0.25) is 19.4 Å². The van der Waals surface area contributed by atoms with Crippen molar-refractivity contribution in [1.29, 1.82) is 0 Å². The molecule has 1 amide bonds. The normalized spacial score (nSPS) is 17.7. The maximum absolute atomic E-state index is 13.1. The molecule has 0 radical (unpaired) electrons. The zero-order valence-electron chi connectivity index (χ0n) is 15.7. The molecule has 2 aliphatic heterocycles. The summed E-state index contributed by atoms with van der Waals surface area (Å²) in [5.74, 6) is -0.497. The lowest BCUT2D eigenvalue weighted by Crippen LogP contribution is -2.36. The molecule has 154 valence electrons. The number of aromatic nitrogens is 4. The summed E-state index contributed by atoms with van der Waals surface area (Å²) < 4.78 is 1.81. The summed E-state index contributed by atoms with van der Waals surface area (Å²) >= 11 is 17.9. The van der Waals surface area contributed by atoms with Crippen LogP contribution in [0.3, 0.4) is 0 Å². The number of benzene rings is 1. The van der Waals surface area contributed by atoms with E-state index in [-0.39, 0.29) is 17.1 Å². The van der Waals surface area contributed by atoms with Crippen LogP contribution in [0.4, 0.5) is 0 Å². The Morgan fingerprint density at radius 3 is 2.80 bits per heavy atom. The minimum atomic E-state index is -0.389. The molecule has 0 fully saturated rings. The minimum Gasteiger partial charge on any atom is -0.334 e. The van der Waals surface area contributed by atoms with Gasteiger partial charge in [-0.15, -0.1) is 0 Å². The maximum Gasteiger partial charge on any atom is 0.254 e. The first-order valence-electron chi connectivity index (χ1n) is 9.47. The van der Waals surface area contributed by atoms with Crippen molar-refractivity contribution in [2.24, 2.45) is 5.92 Å². The highest BCUT2D eigenvalue weighted by Crippen LogP contribution is 2.36. The van der Waals surface area contributed by atoms with Gasteiger partial charge in [0.2, 0.25) is 5.24 Å². The summed E-state index contributed by atoms with van der Waals surface area (Å²) in [6.07, 6.45) is 2.90. The molecule has 3 aromatic rings. The summed E-state index contributed by atoms with van der Waals surface area (Å²) in [4.78, 5) is 26.8. The van der Waals surface area contributed by atoms with Gasteiger partial charge in [0.25, 0.3) is 5.91 Å². The first kappa shape index (κ1) is 19.6. The van der Waals surface area contributed by atoms with E-state index < -0.39 is 0 Å². The molecule has 0 saturated carbocycles. The van der Waals surface area contributed by atoms with Crippen LogP contribution in [0.2, 0.25) is 10.0 Å². The van der Waals surface area contributed by atoms with Crippen LogP contribution in [0.15, 0.2) is 24.4 Å². The van der Waals surface area contributed by atoms with Crippen molar-refractivity contribution in [1.82, 2.24) is 24.9 Å². The molecule has 1 unspecified atom stereocenters. The topological polar surface area (TPSA) is 83.9 Å². The Bertz CT molecular complexity index is 1190. The maximum atomic E-state index is 13.1. The highest BCUT2D eigenvalue weighted by atomic mass is 35.5. The zero-order chi connectivity index (χ0) is 21.0. The van der Waals surface area contributed by atoms with E-state index >= 15 is 0 Å². The Balaban J connectivity index is 1.52. The largest absolute Gasteiger partial charge is 0.334 e. The molecule has 5 rings (SSSR count). The Kier molecular flexibility index (Phi) is 4.84. The van der Waals surface area contributed by atoms with E-state index in [1.807, 2.05) is 4.68 Å². The zero-order valence-corrected chi connectivity index (χ0v) is 17.9. The summed E-state index contributed by atoms with van der Waals surface area (Å²) in [6.45, 7) is 1.32. The van der Waals surface area contributed by atoms with Gasteiger partial charge >= 0.3 is 0 Å². The van der Waals surface area contributed by atoms with Crippen LogP contribution in [0, 0.1) is 5.92 Å². The second-order valence-corrected chi connectivity index (χ2v) is 8.71. The molecule has 2 aromatic heterocycles. The number of hydrogen-bond donors (Lipinski definition) is 1. The summed E-state index contributed by atoms with van der Waals surface area (Å²) in [6, 6.07) is 4.88. The van der Waals surface area contributed by atoms with Crippen LogP contribution >= 0.6 is 34.8 Å². The van der Waals surface area contributed by atoms with Gasteiger partial charge in [0.1, 0.15) is 5.69 Å². The van der Waals surface area contributed by atoms with Gasteiger partial charge in [-0.1, -0.05) is 23.2 Å². The van der Waals surface area contributed by atoms with Crippen molar-refractivity contribution < 1.29 is 9.59 Å². The standard InChI is InChI=1S/C20H16Cl3N5O2/c21-14-2-1-10(6-15(14)22)20(30)27-4-3-16-13(9-27)18-17-11(7-24-25-17)5-12(19(23)29)8-28(18)26-16/h1-2,6-7,12H,3-5,8-9H2,(H,24,25). The molecule has 1 N–H and O–H groups in total. The van der Waals surface area contributed by atoms with Gasteiger partial charge in [-0.05, 0) is 36.2 Å². The summed E-state index contributed by atoms with van der Waals surface area (Å²) in [5.41, 5.74) is 4.87. The van der Waals surface area contributed by atoms with Crippen molar-refractivity contribution in [3.05, 3.63) is 56.8 Å². The Labute approximate surface area is 186 Å². The number of rotatable bonds is 2. The van der Waals surface area contributed by atoms with Gasteiger partial charge in [0.05, 0.1) is 40.4 Å². The van der Waals surface area contributed by atoms with E-state index in [9.17, 15) is 9.59 Å². The number of aromatic amines is 1. The summed E-state index contributed by atoms with van der Waals surface area (Å²) in [5, 5.41) is 12.4.